The Morgan fingerprint density at radius 3 is 1.14 bits per heavy atom. The fourth-order valence-corrected chi connectivity index (χ4v) is 7.19. The van der Waals surface area contributed by atoms with Crippen LogP contribution in [0, 0.1) is 0 Å². The van der Waals surface area contributed by atoms with Crippen molar-refractivity contribution in [2.75, 3.05) is 19.8 Å². The minimum absolute atomic E-state index is 0.0845. The summed E-state index contributed by atoms with van der Waals surface area (Å²) >= 11 is 0. The molecule has 1 atom stereocenters. The molecule has 0 amide bonds. The number of esters is 2. The summed E-state index contributed by atoms with van der Waals surface area (Å²) in [7, 11) is 0. The minimum atomic E-state index is -0.534. The summed E-state index contributed by atoms with van der Waals surface area (Å²) in [5.74, 6) is -0.396. The van der Waals surface area contributed by atoms with Crippen molar-refractivity contribution in [1.29, 1.82) is 0 Å². The molecule has 5 heteroatoms. The Labute approximate surface area is 349 Å². The van der Waals surface area contributed by atoms with E-state index in [1.165, 1.54) is 180 Å². The van der Waals surface area contributed by atoms with E-state index in [4.69, 9.17) is 14.2 Å². The zero-order valence-electron chi connectivity index (χ0n) is 37.9. The van der Waals surface area contributed by atoms with E-state index in [1.54, 1.807) is 0 Å². The molecule has 0 saturated heterocycles. The van der Waals surface area contributed by atoms with E-state index >= 15 is 0 Å². The third kappa shape index (κ3) is 45.1. The highest BCUT2D eigenvalue weighted by Gasteiger charge is 2.17. The molecule has 5 nitrogen and oxygen atoms in total. The maximum Gasteiger partial charge on any atom is 0.306 e. The number of carbonyl (C=O) groups excluding carboxylic acids is 2. The van der Waals surface area contributed by atoms with E-state index in [0.717, 1.165) is 51.4 Å². The van der Waals surface area contributed by atoms with Crippen molar-refractivity contribution in [3.63, 3.8) is 0 Å². The SMILES string of the molecule is CCCC/C=C\CCCCCCCCOCC(COC(=O)CCCCCCC/C=C\CCCCCCCC)OC(=O)CCCCCCCCCCCCCCC. The molecule has 0 aromatic rings. The second-order valence-electron chi connectivity index (χ2n) is 16.7. The fourth-order valence-electron chi connectivity index (χ4n) is 7.19. The number of carbonyl (C=O) groups is 2. The zero-order chi connectivity index (χ0) is 40.7. The number of ether oxygens (including phenoxy) is 3. The van der Waals surface area contributed by atoms with Crippen LogP contribution >= 0.6 is 0 Å². The van der Waals surface area contributed by atoms with Gasteiger partial charge in [0.15, 0.2) is 6.10 Å². The molecule has 0 aromatic heterocycles. The maximum atomic E-state index is 12.7. The van der Waals surface area contributed by atoms with Crippen LogP contribution in [-0.2, 0) is 23.8 Å². The van der Waals surface area contributed by atoms with Gasteiger partial charge in [-0.15, -0.1) is 0 Å². The van der Waals surface area contributed by atoms with E-state index in [0.29, 0.717) is 19.4 Å². The summed E-state index contributed by atoms with van der Waals surface area (Å²) in [5, 5.41) is 0. The Bertz CT molecular complexity index is 851. The van der Waals surface area contributed by atoms with Gasteiger partial charge in [0.1, 0.15) is 6.61 Å². The number of allylic oxidation sites excluding steroid dienone is 4. The molecule has 56 heavy (non-hydrogen) atoms. The summed E-state index contributed by atoms with van der Waals surface area (Å²) in [5.41, 5.74) is 0. The molecule has 0 rings (SSSR count). The average Bonchev–Trinajstić information content (AvgIpc) is 3.20. The fraction of sp³-hybridized carbons (Fsp3) is 0.882. The molecule has 0 bridgehead atoms. The van der Waals surface area contributed by atoms with Gasteiger partial charge in [-0.25, -0.2) is 0 Å². The third-order valence-electron chi connectivity index (χ3n) is 11.0. The predicted octanol–water partition coefficient (Wildman–Crippen LogP) is 16.5. The highest BCUT2D eigenvalue weighted by atomic mass is 16.6. The summed E-state index contributed by atoms with van der Waals surface area (Å²) in [6.45, 7) is 7.81. The Morgan fingerprint density at radius 2 is 0.714 bits per heavy atom. The zero-order valence-corrected chi connectivity index (χ0v) is 37.9. The van der Waals surface area contributed by atoms with Crippen LogP contribution < -0.4 is 0 Å². The quantitative estimate of drug-likeness (QED) is 0.0349. The van der Waals surface area contributed by atoms with Crippen molar-refractivity contribution in [3.8, 4) is 0 Å². The Morgan fingerprint density at radius 1 is 0.375 bits per heavy atom. The monoisotopic (exact) mass is 789 g/mol. The highest BCUT2D eigenvalue weighted by Crippen LogP contribution is 2.15. The Kier molecular flexibility index (Phi) is 46.4. The van der Waals surface area contributed by atoms with Crippen molar-refractivity contribution in [1.82, 2.24) is 0 Å². The van der Waals surface area contributed by atoms with Crippen LogP contribution in [-0.4, -0.2) is 37.9 Å². The molecule has 330 valence electrons. The van der Waals surface area contributed by atoms with Crippen molar-refractivity contribution < 1.29 is 23.8 Å². The predicted molar refractivity (Wildman–Crippen MR) is 242 cm³/mol. The highest BCUT2D eigenvalue weighted by molar-refractivity contribution is 5.70. The van der Waals surface area contributed by atoms with Gasteiger partial charge in [-0.1, -0.05) is 212 Å². The lowest BCUT2D eigenvalue weighted by molar-refractivity contribution is -0.163. The van der Waals surface area contributed by atoms with Gasteiger partial charge in [0.2, 0.25) is 0 Å². The molecule has 0 aromatic carbocycles. The molecule has 0 fully saturated rings. The molecule has 0 N–H and O–H groups in total. The first kappa shape index (κ1) is 54.4. The van der Waals surface area contributed by atoms with Gasteiger partial charge in [0, 0.05) is 19.4 Å². The lowest BCUT2D eigenvalue weighted by Gasteiger charge is -2.18. The maximum absolute atomic E-state index is 12.7. The van der Waals surface area contributed by atoms with Gasteiger partial charge in [0.25, 0.3) is 0 Å². The topological polar surface area (TPSA) is 61.8 Å². The lowest BCUT2D eigenvalue weighted by atomic mass is 10.0. The first-order valence-corrected chi connectivity index (χ1v) is 24.9. The van der Waals surface area contributed by atoms with Crippen LogP contribution in [0.2, 0.25) is 0 Å². The van der Waals surface area contributed by atoms with E-state index in [1.807, 2.05) is 0 Å². The molecule has 0 saturated carbocycles. The van der Waals surface area contributed by atoms with Crippen LogP contribution in [0.1, 0.15) is 265 Å². The van der Waals surface area contributed by atoms with Crippen LogP contribution in [0.5, 0.6) is 0 Å². The number of hydrogen-bond acceptors (Lipinski definition) is 5. The van der Waals surface area contributed by atoms with E-state index < -0.39 is 6.10 Å². The van der Waals surface area contributed by atoms with Crippen LogP contribution in [0.25, 0.3) is 0 Å². The van der Waals surface area contributed by atoms with Crippen molar-refractivity contribution in [3.05, 3.63) is 24.3 Å². The Balaban J connectivity index is 4.23. The standard InChI is InChI=1S/C51H96O5/c1-4-7-10-13-16-19-22-25-26-28-29-32-35-38-41-44-50(52)55-48-49(47-54-46-43-40-37-34-31-24-21-18-15-12-9-6-3)56-51(53)45-42-39-36-33-30-27-23-20-17-14-11-8-5-2/h15,18,25-26,49H,4-14,16-17,19-24,27-48H2,1-3H3/b18-15-,26-25-. The molecule has 0 aliphatic carbocycles. The summed E-state index contributed by atoms with van der Waals surface area (Å²) < 4.78 is 17.4. The average molecular weight is 789 g/mol. The van der Waals surface area contributed by atoms with Crippen LogP contribution in [0.4, 0.5) is 0 Å². The molecular weight excluding hydrogens is 693 g/mol. The van der Waals surface area contributed by atoms with Crippen molar-refractivity contribution in [2.45, 2.75) is 271 Å². The summed E-state index contributed by atoms with van der Waals surface area (Å²) in [4.78, 5) is 25.3. The van der Waals surface area contributed by atoms with Crippen molar-refractivity contribution in [2.24, 2.45) is 0 Å². The molecule has 0 aliphatic heterocycles. The molecule has 0 spiro atoms. The molecular formula is C51H96O5. The van der Waals surface area contributed by atoms with Gasteiger partial charge in [-0.2, -0.15) is 0 Å². The van der Waals surface area contributed by atoms with Gasteiger partial charge in [-0.05, 0) is 64.2 Å². The first-order valence-electron chi connectivity index (χ1n) is 24.9. The number of hydrogen-bond donors (Lipinski definition) is 0. The van der Waals surface area contributed by atoms with Gasteiger partial charge < -0.3 is 14.2 Å². The smallest absolute Gasteiger partial charge is 0.306 e. The minimum Gasteiger partial charge on any atom is -0.462 e. The largest absolute Gasteiger partial charge is 0.462 e. The normalized spacial score (nSPS) is 12.3. The van der Waals surface area contributed by atoms with Crippen LogP contribution in [0.3, 0.4) is 0 Å². The van der Waals surface area contributed by atoms with Gasteiger partial charge in [0.05, 0.1) is 6.61 Å². The van der Waals surface area contributed by atoms with Gasteiger partial charge in [-0.3, -0.25) is 9.59 Å². The summed E-state index contributed by atoms with van der Waals surface area (Å²) in [6, 6.07) is 0. The van der Waals surface area contributed by atoms with Crippen LogP contribution in [0.15, 0.2) is 24.3 Å². The molecule has 0 radical (unpaired) electrons. The molecule has 0 aliphatic rings. The second kappa shape index (κ2) is 47.8. The Hall–Kier alpha value is -1.62. The van der Waals surface area contributed by atoms with E-state index in [-0.39, 0.29) is 25.2 Å². The molecule has 1 unspecified atom stereocenters. The first-order chi connectivity index (χ1) is 27.6. The lowest BCUT2D eigenvalue weighted by Crippen LogP contribution is -2.30. The number of unbranched alkanes of at least 4 members (excludes halogenated alkanes) is 31. The number of rotatable bonds is 46. The van der Waals surface area contributed by atoms with E-state index in [9.17, 15) is 9.59 Å². The van der Waals surface area contributed by atoms with Gasteiger partial charge >= 0.3 is 11.9 Å². The second-order valence-corrected chi connectivity index (χ2v) is 16.7. The van der Waals surface area contributed by atoms with E-state index in [2.05, 4.69) is 45.1 Å². The van der Waals surface area contributed by atoms with Crippen molar-refractivity contribution >= 4 is 11.9 Å². The molecule has 0 heterocycles. The summed E-state index contributed by atoms with van der Waals surface area (Å²) in [6.07, 6.45) is 54.6. The third-order valence-corrected chi connectivity index (χ3v) is 11.0.